The van der Waals surface area contributed by atoms with Gasteiger partial charge in [0.15, 0.2) is 23.0 Å². The van der Waals surface area contributed by atoms with Crippen molar-refractivity contribution in [3.63, 3.8) is 0 Å². The van der Waals surface area contributed by atoms with E-state index in [0.717, 1.165) is 16.9 Å². The second kappa shape index (κ2) is 13.6. The third-order valence-electron chi connectivity index (χ3n) is 6.08. The monoisotopic (exact) mass is 642 g/mol. The van der Waals surface area contributed by atoms with E-state index in [9.17, 15) is 14.4 Å². The van der Waals surface area contributed by atoms with Gasteiger partial charge in [-0.1, -0.05) is 36.7 Å². The van der Waals surface area contributed by atoms with E-state index in [1.165, 1.54) is 20.3 Å². The zero-order chi connectivity index (χ0) is 29.5. The van der Waals surface area contributed by atoms with Crippen molar-refractivity contribution in [2.45, 2.75) is 26.5 Å². The Balaban J connectivity index is 1.56. The summed E-state index contributed by atoms with van der Waals surface area (Å²) in [6, 6.07) is 14.9. The number of imide groups is 2. The minimum atomic E-state index is -0.813. The Kier molecular flexibility index (Phi) is 9.91. The first-order valence-electron chi connectivity index (χ1n) is 12.7. The van der Waals surface area contributed by atoms with Crippen LogP contribution in [0.3, 0.4) is 0 Å². The largest absolute Gasteiger partial charge is 0.493 e. The molecule has 4 amide bonds. The predicted molar refractivity (Wildman–Crippen MR) is 157 cm³/mol. The summed E-state index contributed by atoms with van der Waals surface area (Å²) in [6.07, 6.45) is 2.23. The third kappa shape index (κ3) is 7.20. The molecule has 1 aliphatic heterocycles. The van der Waals surface area contributed by atoms with Gasteiger partial charge >= 0.3 is 6.03 Å². The Bertz CT molecular complexity index is 1490. The highest BCUT2D eigenvalue weighted by molar-refractivity contribution is 9.10. The van der Waals surface area contributed by atoms with Crippen LogP contribution in [0.1, 0.15) is 30.0 Å². The number of hydrogen-bond acceptors (Lipinski definition) is 7. The minimum Gasteiger partial charge on any atom is -0.493 e. The Morgan fingerprint density at radius 3 is 2.29 bits per heavy atom. The summed E-state index contributed by atoms with van der Waals surface area (Å²) in [5.41, 5.74) is 1.81. The maximum Gasteiger partial charge on any atom is 0.331 e. The Hall–Kier alpha value is -4.02. The molecule has 1 fully saturated rings. The number of carbonyl (C=O) groups excluding carboxylic acids is 3. The first kappa shape index (κ1) is 30.0. The lowest BCUT2D eigenvalue weighted by Gasteiger charge is -2.26. The third-order valence-corrected chi connectivity index (χ3v) is 6.92. The Morgan fingerprint density at radius 2 is 1.61 bits per heavy atom. The van der Waals surface area contributed by atoms with E-state index in [4.69, 9.17) is 30.5 Å². The van der Waals surface area contributed by atoms with E-state index >= 15 is 0 Å². The van der Waals surface area contributed by atoms with Gasteiger partial charge in [0.25, 0.3) is 11.8 Å². The Labute approximate surface area is 251 Å². The number of halogens is 2. The zero-order valence-corrected chi connectivity index (χ0v) is 25.0. The first-order chi connectivity index (χ1) is 19.7. The molecule has 41 heavy (non-hydrogen) atoms. The number of benzene rings is 3. The highest BCUT2D eigenvalue weighted by atomic mass is 79.9. The van der Waals surface area contributed by atoms with Gasteiger partial charge in [0.1, 0.15) is 12.2 Å². The average Bonchev–Trinajstić information content (AvgIpc) is 2.96. The molecular formula is C30H28BrClN2O7. The molecule has 0 aliphatic carbocycles. The molecule has 0 unspecified atom stereocenters. The van der Waals surface area contributed by atoms with Crippen LogP contribution in [0.15, 0.2) is 64.6 Å². The lowest BCUT2D eigenvalue weighted by Crippen LogP contribution is -2.53. The molecule has 1 heterocycles. The fourth-order valence-corrected chi connectivity index (χ4v) is 4.73. The highest BCUT2D eigenvalue weighted by Gasteiger charge is 2.36. The first-order valence-corrected chi connectivity index (χ1v) is 13.8. The Morgan fingerprint density at radius 1 is 0.902 bits per heavy atom. The average molecular weight is 644 g/mol. The summed E-state index contributed by atoms with van der Waals surface area (Å²) in [5.74, 6) is 0.333. The second-order valence-corrected chi connectivity index (χ2v) is 10.3. The van der Waals surface area contributed by atoms with Crippen LogP contribution in [-0.2, 0) is 22.7 Å². The van der Waals surface area contributed by atoms with Crippen molar-refractivity contribution < 1.29 is 33.3 Å². The lowest BCUT2D eigenvalue weighted by molar-refractivity contribution is -0.130. The maximum atomic E-state index is 13.4. The molecule has 1 saturated heterocycles. The van der Waals surface area contributed by atoms with Crippen molar-refractivity contribution in [2.75, 3.05) is 20.8 Å². The summed E-state index contributed by atoms with van der Waals surface area (Å²) in [5, 5.41) is 2.87. The minimum absolute atomic E-state index is 0.0792. The van der Waals surface area contributed by atoms with Crippen molar-refractivity contribution in [3.8, 4) is 23.0 Å². The van der Waals surface area contributed by atoms with Crippen LogP contribution in [0.2, 0.25) is 5.02 Å². The number of barbiturate groups is 1. The lowest BCUT2D eigenvalue weighted by atomic mass is 10.1. The number of rotatable bonds is 11. The van der Waals surface area contributed by atoms with E-state index in [-0.39, 0.29) is 18.7 Å². The fraction of sp³-hybridized carbons (Fsp3) is 0.233. The molecule has 4 rings (SSSR count). The van der Waals surface area contributed by atoms with Crippen molar-refractivity contribution >= 4 is 51.5 Å². The molecule has 0 spiro atoms. The quantitative estimate of drug-likeness (QED) is 0.198. The maximum absolute atomic E-state index is 13.4. The molecule has 11 heteroatoms. The summed E-state index contributed by atoms with van der Waals surface area (Å²) in [4.78, 5) is 39.6. The van der Waals surface area contributed by atoms with Crippen LogP contribution < -0.4 is 24.3 Å². The molecular weight excluding hydrogens is 616 g/mol. The highest BCUT2D eigenvalue weighted by Crippen LogP contribution is 2.38. The van der Waals surface area contributed by atoms with Gasteiger partial charge in [-0.3, -0.25) is 19.8 Å². The van der Waals surface area contributed by atoms with Crippen molar-refractivity contribution in [2.24, 2.45) is 0 Å². The summed E-state index contributed by atoms with van der Waals surface area (Å²) >= 11 is 9.44. The molecule has 9 nitrogen and oxygen atoms in total. The van der Waals surface area contributed by atoms with Gasteiger partial charge in [-0.15, -0.1) is 0 Å². The smallest absolute Gasteiger partial charge is 0.331 e. The molecule has 1 N–H and O–H groups in total. The summed E-state index contributed by atoms with van der Waals surface area (Å²) in [6.45, 7) is 2.70. The second-order valence-electron chi connectivity index (χ2n) is 8.99. The number of carbonyl (C=O) groups is 3. The van der Waals surface area contributed by atoms with Gasteiger partial charge in [0, 0.05) is 5.02 Å². The van der Waals surface area contributed by atoms with Gasteiger partial charge in [-0.05, 0) is 81.5 Å². The van der Waals surface area contributed by atoms with E-state index in [0.29, 0.717) is 50.2 Å². The molecule has 0 saturated carbocycles. The van der Waals surface area contributed by atoms with E-state index in [2.05, 4.69) is 21.2 Å². The normalized spacial score (nSPS) is 14.2. The fourth-order valence-electron chi connectivity index (χ4n) is 4.03. The molecule has 3 aromatic rings. The SMILES string of the molecule is CCCOc1ccc(CN2C(=O)NC(=O)/C(=C\c3cc(Br)c(OCc4ccc(Cl)cc4)c(OC)c3)C2=O)cc1OC. The molecule has 3 aromatic carbocycles. The number of methoxy groups -OCH3 is 2. The van der Waals surface area contributed by atoms with Gasteiger partial charge in [-0.25, -0.2) is 4.79 Å². The standard InChI is InChI=1S/C30H28BrClN2O7/c1-4-11-40-24-10-7-19(14-25(24)38-2)16-34-29(36)22(28(35)33-30(34)37)12-20-13-23(31)27(26(15-20)39-3)41-17-18-5-8-21(32)9-6-18/h5-10,12-15H,4,11,16-17H2,1-3H3,(H,33,35,37)/b22-12+. The number of nitrogens with zero attached hydrogens (tertiary/aromatic N) is 1. The van der Waals surface area contributed by atoms with Crippen molar-refractivity contribution in [1.29, 1.82) is 0 Å². The van der Waals surface area contributed by atoms with Gasteiger partial charge < -0.3 is 18.9 Å². The number of urea groups is 1. The molecule has 0 radical (unpaired) electrons. The number of amides is 4. The van der Waals surface area contributed by atoms with Crippen molar-refractivity contribution in [3.05, 3.63) is 86.4 Å². The van der Waals surface area contributed by atoms with Gasteiger partial charge in [0.2, 0.25) is 0 Å². The van der Waals surface area contributed by atoms with Crippen LogP contribution in [-0.4, -0.2) is 43.6 Å². The van der Waals surface area contributed by atoms with Crippen LogP contribution in [0.5, 0.6) is 23.0 Å². The summed E-state index contributed by atoms with van der Waals surface area (Å²) in [7, 11) is 3.00. The predicted octanol–water partition coefficient (Wildman–Crippen LogP) is 6.15. The number of nitrogens with one attached hydrogen (secondary N) is 1. The van der Waals surface area contributed by atoms with Crippen LogP contribution in [0.25, 0.3) is 6.08 Å². The molecule has 214 valence electrons. The van der Waals surface area contributed by atoms with Crippen LogP contribution in [0, 0.1) is 0 Å². The molecule has 0 aromatic heterocycles. The summed E-state index contributed by atoms with van der Waals surface area (Å²) < 4.78 is 23.1. The van der Waals surface area contributed by atoms with Crippen molar-refractivity contribution in [1.82, 2.24) is 10.2 Å². The van der Waals surface area contributed by atoms with E-state index < -0.39 is 17.8 Å². The van der Waals surface area contributed by atoms with E-state index in [1.54, 1.807) is 42.5 Å². The molecule has 0 atom stereocenters. The molecule has 1 aliphatic rings. The van der Waals surface area contributed by atoms with E-state index in [1.807, 2.05) is 19.1 Å². The zero-order valence-electron chi connectivity index (χ0n) is 22.7. The number of ether oxygens (including phenoxy) is 4. The molecule has 0 bridgehead atoms. The number of hydrogen-bond donors (Lipinski definition) is 1. The van der Waals surface area contributed by atoms with Crippen LogP contribution >= 0.6 is 27.5 Å². The van der Waals surface area contributed by atoms with Crippen LogP contribution in [0.4, 0.5) is 4.79 Å². The topological polar surface area (TPSA) is 103 Å². The van der Waals surface area contributed by atoms with Gasteiger partial charge in [-0.2, -0.15) is 0 Å². The van der Waals surface area contributed by atoms with Gasteiger partial charge in [0.05, 0.1) is 31.8 Å².